The van der Waals surface area contributed by atoms with Gasteiger partial charge in [-0.1, -0.05) is 30.7 Å². The molecule has 1 aromatic carbocycles. The van der Waals surface area contributed by atoms with Gasteiger partial charge in [0, 0.05) is 0 Å². The van der Waals surface area contributed by atoms with Crippen LogP contribution in [0.15, 0.2) is 24.3 Å². The molecule has 0 fully saturated rings. The van der Waals surface area contributed by atoms with E-state index < -0.39 is 0 Å². The van der Waals surface area contributed by atoms with Gasteiger partial charge < -0.3 is 4.74 Å². The van der Waals surface area contributed by atoms with Crippen LogP contribution in [0.3, 0.4) is 0 Å². The number of aryl methyl sites for hydroxylation is 1. The van der Waals surface area contributed by atoms with Crippen molar-refractivity contribution in [3.63, 3.8) is 0 Å². The lowest BCUT2D eigenvalue weighted by Gasteiger charge is -2.08. The molecule has 2 aromatic rings. The number of aromatic nitrogens is 3. The molecule has 0 amide bonds. The highest BCUT2D eigenvalue weighted by atomic mass is 16.5. The zero-order chi connectivity index (χ0) is 14.4. The SMILES string of the molecule is CCCc1c(C#N)nnn1CCOc1cccc(C)c1. The molecule has 2 rings (SSSR count). The van der Waals surface area contributed by atoms with Crippen LogP contribution in [-0.2, 0) is 13.0 Å². The second-order valence-electron chi connectivity index (χ2n) is 4.63. The van der Waals surface area contributed by atoms with Crippen LogP contribution in [0.2, 0.25) is 0 Å². The monoisotopic (exact) mass is 270 g/mol. The first-order valence-corrected chi connectivity index (χ1v) is 6.76. The number of benzene rings is 1. The molecule has 0 spiro atoms. The number of hydrogen-bond donors (Lipinski definition) is 0. The lowest BCUT2D eigenvalue weighted by molar-refractivity contribution is 0.287. The van der Waals surface area contributed by atoms with E-state index in [-0.39, 0.29) is 0 Å². The molecule has 0 aliphatic carbocycles. The summed E-state index contributed by atoms with van der Waals surface area (Å²) in [6.45, 7) is 5.21. The van der Waals surface area contributed by atoms with Crippen LogP contribution in [0.1, 0.15) is 30.3 Å². The molecule has 5 nitrogen and oxygen atoms in total. The first-order valence-electron chi connectivity index (χ1n) is 6.76. The highest BCUT2D eigenvalue weighted by molar-refractivity contribution is 5.27. The average molecular weight is 270 g/mol. The largest absolute Gasteiger partial charge is 0.492 e. The van der Waals surface area contributed by atoms with Crippen LogP contribution in [0.4, 0.5) is 0 Å². The van der Waals surface area contributed by atoms with E-state index in [0.29, 0.717) is 18.8 Å². The van der Waals surface area contributed by atoms with Crippen molar-refractivity contribution in [2.24, 2.45) is 0 Å². The van der Waals surface area contributed by atoms with E-state index in [1.165, 1.54) is 5.56 Å². The van der Waals surface area contributed by atoms with Crippen molar-refractivity contribution in [3.8, 4) is 11.8 Å². The van der Waals surface area contributed by atoms with Crippen molar-refractivity contribution in [1.82, 2.24) is 15.0 Å². The van der Waals surface area contributed by atoms with Crippen molar-refractivity contribution in [2.45, 2.75) is 33.2 Å². The van der Waals surface area contributed by atoms with Crippen LogP contribution in [0, 0.1) is 18.3 Å². The van der Waals surface area contributed by atoms with Gasteiger partial charge in [0.2, 0.25) is 0 Å². The molecule has 0 atom stereocenters. The smallest absolute Gasteiger partial charge is 0.185 e. The molecule has 0 saturated heterocycles. The van der Waals surface area contributed by atoms with Crippen molar-refractivity contribution < 1.29 is 4.74 Å². The first kappa shape index (κ1) is 14.1. The molecular formula is C15H18N4O. The van der Waals surface area contributed by atoms with Gasteiger partial charge in [0.25, 0.3) is 0 Å². The fraction of sp³-hybridized carbons (Fsp3) is 0.400. The van der Waals surface area contributed by atoms with Gasteiger partial charge in [-0.05, 0) is 31.0 Å². The molecule has 0 aliphatic rings. The van der Waals surface area contributed by atoms with Crippen LogP contribution in [-0.4, -0.2) is 21.6 Å². The summed E-state index contributed by atoms with van der Waals surface area (Å²) in [5, 5.41) is 16.9. The average Bonchev–Trinajstić information content (AvgIpc) is 2.82. The second-order valence-corrected chi connectivity index (χ2v) is 4.63. The maximum absolute atomic E-state index is 9.00. The van der Waals surface area contributed by atoms with Gasteiger partial charge in [-0.2, -0.15) is 5.26 Å². The molecular weight excluding hydrogens is 252 g/mol. The fourth-order valence-corrected chi connectivity index (χ4v) is 2.04. The summed E-state index contributed by atoms with van der Waals surface area (Å²) in [7, 11) is 0. The third-order valence-corrected chi connectivity index (χ3v) is 2.99. The molecule has 1 heterocycles. The standard InChI is InChI=1S/C15H18N4O/c1-3-5-15-14(11-16)17-18-19(15)8-9-20-13-7-4-6-12(2)10-13/h4,6-7,10H,3,5,8-9H2,1-2H3. The molecule has 0 aliphatic heterocycles. The van der Waals surface area contributed by atoms with Crippen molar-refractivity contribution >= 4 is 0 Å². The Bertz CT molecular complexity index is 613. The van der Waals surface area contributed by atoms with E-state index in [2.05, 4.69) is 23.3 Å². The molecule has 0 unspecified atom stereocenters. The number of ether oxygens (including phenoxy) is 1. The van der Waals surface area contributed by atoms with E-state index in [4.69, 9.17) is 10.00 Å². The van der Waals surface area contributed by atoms with Gasteiger partial charge in [-0.25, -0.2) is 4.68 Å². The quantitative estimate of drug-likeness (QED) is 0.809. The summed E-state index contributed by atoms with van der Waals surface area (Å²) >= 11 is 0. The third kappa shape index (κ3) is 3.35. The molecule has 20 heavy (non-hydrogen) atoms. The van der Waals surface area contributed by atoms with Crippen LogP contribution in [0.25, 0.3) is 0 Å². The molecule has 1 aromatic heterocycles. The summed E-state index contributed by atoms with van der Waals surface area (Å²) in [6.07, 6.45) is 1.77. The zero-order valence-corrected chi connectivity index (χ0v) is 11.8. The van der Waals surface area contributed by atoms with Crippen LogP contribution >= 0.6 is 0 Å². The Morgan fingerprint density at radius 2 is 2.25 bits per heavy atom. The van der Waals surface area contributed by atoms with E-state index in [1.54, 1.807) is 4.68 Å². The van der Waals surface area contributed by atoms with E-state index in [1.807, 2.05) is 31.2 Å². The Morgan fingerprint density at radius 1 is 1.40 bits per heavy atom. The summed E-state index contributed by atoms with van der Waals surface area (Å²) < 4.78 is 7.46. The topological polar surface area (TPSA) is 63.7 Å². The van der Waals surface area contributed by atoms with Crippen molar-refractivity contribution in [2.75, 3.05) is 6.61 Å². The number of hydrogen-bond acceptors (Lipinski definition) is 4. The lowest BCUT2D eigenvalue weighted by Crippen LogP contribution is -2.12. The van der Waals surface area contributed by atoms with Crippen LogP contribution in [0.5, 0.6) is 5.75 Å². The summed E-state index contributed by atoms with van der Waals surface area (Å²) in [4.78, 5) is 0. The Morgan fingerprint density at radius 3 is 2.95 bits per heavy atom. The fourth-order valence-electron chi connectivity index (χ4n) is 2.04. The number of nitriles is 1. The van der Waals surface area contributed by atoms with Crippen molar-refractivity contribution in [3.05, 3.63) is 41.2 Å². The van der Waals surface area contributed by atoms with Gasteiger partial charge in [-0.3, -0.25) is 0 Å². The predicted octanol–water partition coefficient (Wildman–Crippen LogP) is 2.49. The second kappa shape index (κ2) is 6.71. The minimum absolute atomic E-state index is 0.419. The summed E-state index contributed by atoms with van der Waals surface area (Å²) in [6, 6.07) is 10.0. The molecule has 0 N–H and O–H groups in total. The third-order valence-electron chi connectivity index (χ3n) is 2.99. The van der Waals surface area contributed by atoms with Gasteiger partial charge in [0.05, 0.1) is 12.2 Å². The Hall–Kier alpha value is -2.35. The Kier molecular flexibility index (Phi) is 4.72. The first-order chi connectivity index (χ1) is 9.74. The lowest BCUT2D eigenvalue weighted by atomic mass is 10.2. The molecule has 0 radical (unpaired) electrons. The summed E-state index contributed by atoms with van der Waals surface area (Å²) in [5.74, 6) is 0.850. The predicted molar refractivity (Wildman–Crippen MR) is 75.4 cm³/mol. The zero-order valence-electron chi connectivity index (χ0n) is 11.8. The van der Waals surface area contributed by atoms with Crippen molar-refractivity contribution in [1.29, 1.82) is 5.26 Å². The highest BCUT2D eigenvalue weighted by Gasteiger charge is 2.11. The molecule has 104 valence electrons. The number of rotatable bonds is 6. The number of nitrogens with zero attached hydrogens (tertiary/aromatic N) is 4. The minimum atomic E-state index is 0.419. The van der Waals surface area contributed by atoms with Gasteiger partial charge >= 0.3 is 0 Å². The maximum Gasteiger partial charge on any atom is 0.185 e. The van der Waals surface area contributed by atoms with E-state index in [9.17, 15) is 0 Å². The van der Waals surface area contributed by atoms with Gasteiger partial charge in [-0.15, -0.1) is 5.10 Å². The molecule has 0 saturated carbocycles. The van der Waals surface area contributed by atoms with E-state index >= 15 is 0 Å². The minimum Gasteiger partial charge on any atom is -0.492 e. The molecule has 5 heteroatoms. The van der Waals surface area contributed by atoms with E-state index in [0.717, 1.165) is 24.3 Å². The highest BCUT2D eigenvalue weighted by Crippen LogP contribution is 2.13. The summed E-state index contributed by atoms with van der Waals surface area (Å²) in [5.41, 5.74) is 2.48. The Balaban J connectivity index is 1.97. The maximum atomic E-state index is 9.00. The van der Waals surface area contributed by atoms with Gasteiger partial charge in [0.1, 0.15) is 18.4 Å². The van der Waals surface area contributed by atoms with Crippen LogP contribution < -0.4 is 4.74 Å². The Labute approximate surface area is 118 Å². The molecule has 0 bridgehead atoms. The van der Waals surface area contributed by atoms with Gasteiger partial charge in [0.15, 0.2) is 5.69 Å². The normalized spacial score (nSPS) is 10.2.